The Morgan fingerprint density at radius 2 is 1.84 bits per heavy atom. The molecule has 0 atom stereocenters. The molecule has 2 aromatic heterocycles. The molecular weight excluding hydrogens is 410 g/mol. The zero-order valence-electron chi connectivity index (χ0n) is 18.0. The Morgan fingerprint density at radius 3 is 2.50 bits per heavy atom. The van der Waals surface area contributed by atoms with Crippen LogP contribution in [0.1, 0.15) is 23.3 Å². The van der Waals surface area contributed by atoms with Crippen LogP contribution in [0.5, 0.6) is 5.88 Å². The number of pyridine rings is 1. The SMILES string of the molecule is CN(C)C(=O)Nc1ccc(OC2CCN(C(=O)c3ncoc3-c3ccccc3)CC2)nc1. The van der Waals surface area contributed by atoms with Crippen molar-refractivity contribution in [1.29, 1.82) is 0 Å². The summed E-state index contributed by atoms with van der Waals surface area (Å²) >= 11 is 0. The van der Waals surface area contributed by atoms with Gasteiger partial charge in [0.1, 0.15) is 6.10 Å². The molecular formula is C23H25N5O4. The van der Waals surface area contributed by atoms with E-state index in [1.807, 2.05) is 30.3 Å². The third kappa shape index (κ3) is 4.88. The van der Waals surface area contributed by atoms with Gasteiger partial charge < -0.3 is 24.3 Å². The van der Waals surface area contributed by atoms with Crippen LogP contribution in [0.25, 0.3) is 11.3 Å². The monoisotopic (exact) mass is 435 g/mol. The Hall–Kier alpha value is -3.88. The van der Waals surface area contributed by atoms with Crippen molar-refractivity contribution in [3.05, 3.63) is 60.7 Å². The number of piperidine rings is 1. The minimum Gasteiger partial charge on any atom is -0.474 e. The number of aromatic nitrogens is 2. The third-order valence-corrected chi connectivity index (χ3v) is 5.22. The molecule has 0 spiro atoms. The normalized spacial score (nSPS) is 14.1. The van der Waals surface area contributed by atoms with Gasteiger partial charge in [-0.05, 0) is 6.07 Å². The number of amides is 3. The zero-order valence-corrected chi connectivity index (χ0v) is 18.0. The topological polar surface area (TPSA) is 101 Å². The van der Waals surface area contributed by atoms with E-state index in [0.29, 0.717) is 49.0 Å². The largest absolute Gasteiger partial charge is 0.474 e. The highest BCUT2D eigenvalue weighted by Crippen LogP contribution is 2.25. The lowest BCUT2D eigenvalue weighted by molar-refractivity contribution is 0.0583. The van der Waals surface area contributed by atoms with E-state index in [9.17, 15) is 9.59 Å². The van der Waals surface area contributed by atoms with Crippen molar-refractivity contribution >= 4 is 17.6 Å². The molecule has 0 aliphatic carbocycles. The lowest BCUT2D eigenvalue weighted by atomic mass is 10.1. The Kier molecular flexibility index (Phi) is 6.34. The van der Waals surface area contributed by atoms with Crippen LogP contribution in [0.3, 0.4) is 0 Å². The fraction of sp³-hybridized carbons (Fsp3) is 0.304. The number of hydrogen-bond acceptors (Lipinski definition) is 6. The van der Waals surface area contributed by atoms with Crippen molar-refractivity contribution in [2.24, 2.45) is 0 Å². The van der Waals surface area contributed by atoms with E-state index in [0.717, 1.165) is 5.56 Å². The molecule has 4 rings (SSSR count). The molecule has 0 saturated carbocycles. The maximum Gasteiger partial charge on any atom is 0.321 e. The van der Waals surface area contributed by atoms with Crippen LogP contribution in [-0.4, -0.2) is 65.0 Å². The average Bonchev–Trinajstić information content (AvgIpc) is 3.31. The number of likely N-dealkylation sites (tertiary alicyclic amines) is 1. The smallest absolute Gasteiger partial charge is 0.321 e. The zero-order chi connectivity index (χ0) is 22.5. The molecule has 9 heteroatoms. The first kappa shape index (κ1) is 21.4. The Morgan fingerprint density at radius 1 is 1.09 bits per heavy atom. The number of carbonyl (C=O) groups is 2. The summed E-state index contributed by atoms with van der Waals surface area (Å²) in [5.74, 6) is 0.829. The minimum atomic E-state index is -0.222. The summed E-state index contributed by atoms with van der Waals surface area (Å²) in [7, 11) is 3.34. The van der Waals surface area contributed by atoms with Gasteiger partial charge >= 0.3 is 6.03 Å². The van der Waals surface area contributed by atoms with E-state index in [2.05, 4.69) is 15.3 Å². The van der Waals surface area contributed by atoms with Crippen LogP contribution in [0, 0.1) is 0 Å². The summed E-state index contributed by atoms with van der Waals surface area (Å²) in [4.78, 5) is 36.4. The van der Waals surface area contributed by atoms with E-state index in [4.69, 9.17) is 9.15 Å². The summed E-state index contributed by atoms with van der Waals surface area (Å²) in [6, 6.07) is 12.7. The van der Waals surface area contributed by atoms with E-state index >= 15 is 0 Å². The molecule has 3 heterocycles. The number of urea groups is 1. The Bertz CT molecular complexity index is 1060. The predicted octanol–water partition coefficient (Wildman–Crippen LogP) is 3.51. The van der Waals surface area contributed by atoms with Gasteiger partial charge in [-0.3, -0.25) is 4.79 Å². The lowest BCUT2D eigenvalue weighted by Crippen LogP contribution is -2.42. The van der Waals surface area contributed by atoms with Gasteiger partial charge in [0, 0.05) is 51.7 Å². The quantitative estimate of drug-likeness (QED) is 0.658. The highest BCUT2D eigenvalue weighted by Gasteiger charge is 2.28. The van der Waals surface area contributed by atoms with Crippen molar-refractivity contribution in [3.63, 3.8) is 0 Å². The molecule has 3 amide bonds. The number of anilines is 1. The molecule has 1 aromatic carbocycles. The van der Waals surface area contributed by atoms with Gasteiger partial charge in [-0.1, -0.05) is 30.3 Å². The van der Waals surface area contributed by atoms with Gasteiger partial charge in [-0.25, -0.2) is 14.8 Å². The molecule has 1 saturated heterocycles. The number of oxazole rings is 1. The molecule has 0 bridgehead atoms. The highest BCUT2D eigenvalue weighted by molar-refractivity contribution is 5.97. The minimum absolute atomic E-state index is 0.0420. The first-order valence-electron chi connectivity index (χ1n) is 10.4. The van der Waals surface area contributed by atoms with Crippen molar-refractivity contribution < 1.29 is 18.7 Å². The molecule has 1 N–H and O–H groups in total. The first-order valence-corrected chi connectivity index (χ1v) is 10.4. The second-order valence-corrected chi connectivity index (χ2v) is 7.72. The molecule has 3 aromatic rings. The van der Waals surface area contributed by atoms with Gasteiger partial charge in [-0.15, -0.1) is 0 Å². The Labute approximate surface area is 186 Å². The van der Waals surface area contributed by atoms with Gasteiger partial charge in [0.05, 0.1) is 11.9 Å². The molecule has 166 valence electrons. The molecule has 1 fully saturated rings. The van der Waals surface area contributed by atoms with Gasteiger partial charge in [-0.2, -0.15) is 0 Å². The maximum absolute atomic E-state index is 13.0. The van der Waals surface area contributed by atoms with Crippen LogP contribution >= 0.6 is 0 Å². The van der Waals surface area contributed by atoms with E-state index in [1.54, 1.807) is 37.3 Å². The summed E-state index contributed by atoms with van der Waals surface area (Å²) in [6.45, 7) is 1.11. The van der Waals surface area contributed by atoms with E-state index < -0.39 is 0 Å². The Balaban J connectivity index is 1.32. The number of hydrogen-bond donors (Lipinski definition) is 1. The van der Waals surface area contributed by atoms with E-state index in [-0.39, 0.29) is 18.0 Å². The molecule has 0 unspecified atom stereocenters. The summed E-state index contributed by atoms with van der Waals surface area (Å²) < 4.78 is 11.5. The highest BCUT2D eigenvalue weighted by atomic mass is 16.5. The van der Waals surface area contributed by atoms with Crippen LogP contribution in [0.2, 0.25) is 0 Å². The number of nitrogens with zero attached hydrogens (tertiary/aromatic N) is 4. The number of ether oxygens (including phenoxy) is 1. The second-order valence-electron chi connectivity index (χ2n) is 7.72. The molecule has 0 radical (unpaired) electrons. The van der Waals surface area contributed by atoms with Gasteiger partial charge in [0.2, 0.25) is 5.88 Å². The molecule has 1 aliphatic heterocycles. The standard InChI is InChI=1S/C23H25N5O4/c1-27(2)23(30)26-17-8-9-19(24-14-17)32-18-10-12-28(13-11-18)22(29)20-21(31-15-25-20)16-6-4-3-5-7-16/h3-9,14-15,18H,10-13H2,1-2H3,(H,26,30). The summed E-state index contributed by atoms with van der Waals surface area (Å²) in [6.07, 6.45) is 4.20. The van der Waals surface area contributed by atoms with Gasteiger partial charge in [0.25, 0.3) is 5.91 Å². The number of nitrogens with one attached hydrogen (secondary N) is 1. The maximum atomic E-state index is 13.0. The van der Waals surface area contributed by atoms with Crippen molar-refractivity contribution in [1.82, 2.24) is 19.8 Å². The molecule has 32 heavy (non-hydrogen) atoms. The van der Waals surface area contributed by atoms with Crippen LogP contribution in [0.15, 0.2) is 59.5 Å². The van der Waals surface area contributed by atoms with Crippen molar-refractivity contribution in [3.8, 4) is 17.2 Å². The van der Waals surface area contributed by atoms with Crippen LogP contribution in [-0.2, 0) is 0 Å². The summed E-state index contributed by atoms with van der Waals surface area (Å²) in [5, 5.41) is 2.73. The van der Waals surface area contributed by atoms with E-state index in [1.165, 1.54) is 11.3 Å². The average molecular weight is 435 g/mol. The third-order valence-electron chi connectivity index (χ3n) is 5.22. The van der Waals surface area contributed by atoms with Crippen molar-refractivity contribution in [2.45, 2.75) is 18.9 Å². The fourth-order valence-electron chi connectivity index (χ4n) is 3.45. The van der Waals surface area contributed by atoms with Crippen molar-refractivity contribution in [2.75, 3.05) is 32.5 Å². The second kappa shape index (κ2) is 9.51. The number of rotatable bonds is 5. The lowest BCUT2D eigenvalue weighted by Gasteiger charge is -2.31. The number of benzene rings is 1. The van der Waals surface area contributed by atoms with Crippen LogP contribution < -0.4 is 10.1 Å². The predicted molar refractivity (Wildman–Crippen MR) is 118 cm³/mol. The van der Waals surface area contributed by atoms with Crippen LogP contribution in [0.4, 0.5) is 10.5 Å². The first-order chi connectivity index (χ1) is 15.5. The fourth-order valence-corrected chi connectivity index (χ4v) is 3.45. The molecule has 1 aliphatic rings. The molecule has 9 nitrogen and oxygen atoms in total. The number of carbonyl (C=O) groups excluding carboxylic acids is 2. The summed E-state index contributed by atoms with van der Waals surface area (Å²) in [5.41, 5.74) is 1.74. The van der Waals surface area contributed by atoms with Gasteiger partial charge in [0.15, 0.2) is 17.8 Å².